The highest BCUT2D eigenvalue weighted by molar-refractivity contribution is 8.00. The molecule has 1 aromatic carbocycles. The van der Waals surface area contributed by atoms with Crippen LogP contribution in [0.5, 0.6) is 0 Å². The molecule has 0 fully saturated rings. The predicted molar refractivity (Wildman–Crippen MR) is 65.9 cm³/mol. The quantitative estimate of drug-likeness (QED) is 0.826. The first-order valence-electron chi connectivity index (χ1n) is 5.10. The molecule has 0 aliphatic heterocycles. The lowest BCUT2D eigenvalue weighted by Crippen LogP contribution is -2.22. The SMILES string of the molecule is CC(Sc1ncn(-c2ccccc2)n1)C(N)=O. The molecule has 2 rings (SSSR count). The van der Waals surface area contributed by atoms with Crippen molar-refractivity contribution in [2.45, 2.75) is 17.3 Å². The van der Waals surface area contributed by atoms with E-state index in [1.54, 1.807) is 17.9 Å². The second-order valence-electron chi connectivity index (χ2n) is 3.47. The Labute approximate surface area is 103 Å². The molecule has 0 bridgehead atoms. The number of aromatic nitrogens is 3. The van der Waals surface area contributed by atoms with Crippen LogP contribution in [0.15, 0.2) is 41.8 Å². The molecule has 1 amide bonds. The fourth-order valence-electron chi connectivity index (χ4n) is 1.22. The molecule has 1 unspecified atom stereocenters. The molecule has 6 heteroatoms. The first kappa shape index (κ1) is 11.7. The lowest BCUT2D eigenvalue weighted by atomic mass is 10.3. The maximum Gasteiger partial charge on any atom is 0.230 e. The first-order chi connectivity index (χ1) is 8.16. The maximum absolute atomic E-state index is 10.9. The average molecular weight is 248 g/mol. The summed E-state index contributed by atoms with van der Waals surface area (Å²) in [6.07, 6.45) is 1.62. The molecule has 0 aliphatic carbocycles. The minimum absolute atomic E-state index is 0.332. The van der Waals surface area contributed by atoms with Crippen LogP contribution in [0.3, 0.4) is 0 Å². The number of primary amides is 1. The molecule has 5 nitrogen and oxygen atoms in total. The van der Waals surface area contributed by atoms with Crippen molar-refractivity contribution in [1.29, 1.82) is 0 Å². The van der Waals surface area contributed by atoms with Gasteiger partial charge in [-0.3, -0.25) is 4.79 Å². The number of nitrogens with two attached hydrogens (primary N) is 1. The summed E-state index contributed by atoms with van der Waals surface area (Å²) in [6.45, 7) is 1.73. The van der Waals surface area contributed by atoms with Crippen molar-refractivity contribution in [3.8, 4) is 5.69 Å². The molecule has 0 aliphatic rings. The van der Waals surface area contributed by atoms with Crippen molar-refractivity contribution in [1.82, 2.24) is 14.8 Å². The van der Waals surface area contributed by atoms with Gasteiger partial charge in [-0.15, -0.1) is 5.10 Å². The van der Waals surface area contributed by atoms with Gasteiger partial charge in [0, 0.05) is 0 Å². The molecule has 0 saturated heterocycles. The van der Waals surface area contributed by atoms with Gasteiger partial charge in [-0.2, -0.15) is 0 Å². The predicted octanol–water partition coefficient (Wildman–Crippen LogP) is 1.23. The van der Waals surface area contributed by atoms with Crippen LogP contribution in [0.1, 0.15) is 6.92 Å². The minimum Gasteiger partial charge on any atom is -0.369 e. The van der Waals surface area contributed by atoms with Gasteiger partial charge in [-0.1, -0.05) is 30.0 Å². The molecule has 1 atom stereocenters. The summed E-state index contributed by atoms with van der Waals surface area (Å²) in [7, 11) is 0. The van der Waals surface area contributed by atoms with E-state index in [0.717, 1.165) is 5.69 Å². The van der Waals surface area contributed by atoms with E-state index in [0.29, 0.717) is 5.16 Å². The lowest BCUT2D eigenvalue weighted by Gasteiger charge is -2.02. The van der Waals surface area contributed by atoms with Crippen LogP contribution in [-0.2, 0) is 4.79 Å². The fraction of sp³-hybridized carbons (Fsp3) is 0.182. The highest BCUT2D eigenvalue weighted by atomic mass is 32.2. The monoisotopic (exact) mass is 248 g/mol. The Kier molecular flexibility index (Phi) is 3.43. The van der Waals surface area contributed by atoms with Crippen LogP contribution in [0, 0.1) is 0 Å². The Morgan fingerprint density at radius 2 is 2.12 bits per heavy atom. The molecular formula is C11H12N4OS. The van der Waals surface area contributed by atoms with Crippen molar-refractivity contribution in [2.24, 2.45) is 5.73 Å². The number of nitrogens with zero attached hydrogens (tertiary/aromatic N) is 3. The molecule has 2 N–H and O–H groups in total. The highest BCUT2D eigenvalue weighted by Gasteiger charge is 2.13. The molecule has 0 radical (unpaired) electrons. The fourth-order valence-corrected chi connectivity index (χ4v) is 1.90. The van der Waals surface area contributed by atoms with Gasteiger partial charge in [0.05, 0.1) is 10.9 Å². The summed E-state index contributed by atoms with van der Waals surface area (Å²) >= 11 is 1.25. The van der Waals surface area contributed by atoms with Crippen molar-refractivity contribution >= 4 is 17.7 Å². The number of hydrogen-bond donors (Lipinski definition) is 1. The van der Waals surface area contributed by atoms with Crippen LogP contribution in [0.4, 0.5) is 0 Å². The lowest BCUT2D eigenvalue weighted by molar-refractivity contribution is -0.117. The topological polar surface area (TPSA) is 73.8 Å². The molecule has 1 aromatic heterocycles. The Balaban J connectivity index is 2.14. The van der Waals surface area contributed by atoms with E-state index < -0.39 is 0 Å². The molecule has 0 saturated carbocycles. The minimum atomic E-state index is -0.369. The maximum atomic E-state index is 10.9. The van der Waals surface area contributed by atoms with E-state index in [1.807, 2.05) is 30.3 Å². The number of amides is 1. The zero-order valence-electron chi connectivity index (χ0n) is 9.28. The van der Waals surface area contributed by atoms with Gasteiger partial charge < -0.3 is 5.73 Å². The van der Waals surface area contributed by atoms with Gasteiger partial charge in [-0.25, -0.2) is 9.67 Å². The molecule has 2 aromatic rings. The van der Waals surface area contributed by atoms with E-state index in [-0.39, 0.29) is 11.2 Å². The molecule has 17 heavy (non-hydrogen) atoms. The normalized spacial score (nSPS) is 12.3. The zero-order chi connectivity index (χ0) is 12.3. The van der Waals surface area contributed by atoms with Gasteiger partial charge >= 0.3 is 0 Å². The number of rotatable bonds is 4. The number of carbonyl (C=O) groups is 1. The molecule has 88 valence electrons. The first-order valence-corrected chi connectivity index (χ1v) is 5.98. The average Bonchev–Trinajstić information content (AvgIpc) is 2.78. The van der Waals surface area contributed by atoms with Gasteiger partial charge in [-0.05, 0) is 19.1 Å². The van der Waals surface area contributed by atoms with Crippen molar-refractivity contribution in [3.05, 3.63) is 36.7 Å². The van der Waals surface area contributed by atoms with Crippen LogP contribution in [0.2, 0.25) is 0 Å². The van der Waals surface area contributed by atoms with E-state index in [9.17, 15) is 4.79 Å². The summed E-state index contributed by atoms with van der Waals surface area (Å²) in [5.41, 5.74) is 6.11. The van der Waals surface area contributed by atoms with Crippen molar-refractivity contribution in [3.63, 3.8) is 0 Å². The second-order valence-corrected chi connectivity index (χ2v) is 4.78. The number of benzene rings is 1. The zero-order valence-corrected chi connectivity index (χ0v) is 10.1. The van der Waals surface area contributed by atoms with Gasteiger partial charge in [0.15, 0.2) is 0 Å². The van der Waals surface area contributed by atoms with Crippen LogP contribution in [-0.4, -0.2) is 25.9 Å². The van der Waals surface area contributed by atoms with E-state index >= 15 is 0 Å². The summed E-state index contributed by atoms with van der Waals surface area (Å²) in [6, 6.07) is 9.65. The van der Waals surface area contributed by atoms with Gasteiger partial charge in [0.2, 0.25) is 11.1 Å². The Bertz CT molecular complexity index is 511. The van der Waals surface area contributed by atoms with E-state index in [1.165, 1.54) is 11.8 Å². The molecular weight excluding hydrogens is 236 g/mol. The largest absolute Gasteiger partial charge is 0.369 e. The Morgan fingerprint density at radius 1 is 1.41 bits per heavy atom. The summed E-state index contributed by atoms with van der Waals surface area (Å²) in [4.78, 5) is 15.0. The van der Waals surface area contributed by atoms with E-state index in [4.69, 9.17) is 5.73 Å². The van der Waals surface area contributed by atoms with Gasteiger partial charge in [0.25, 0.3) is 0 Å². The number of carbonyl (C=O) groups excluding carboxylic acids is 1. The number of thioether (sulfide) groups is 1. The van der Waals surface area contributed by atoms with Gasteiger partial charge in [0.1, 0.15) is 6.33 Å². The summed E-state index contributed by atoms with van der Waals surface area (Å²) in [5, 5.41) is 4.47. The summed E-state index contributed by atoms with van der Waals surface area (Å²) in [5.74, 6) is -0.369. The van der Waals surface area contributed by atoms with Crippen LogP contribution in [0.25, 0.3) is 5.69 Å². The van der Waals surface area contributed by atoms with Crippen LogP contribution >= 0.6 is 11.8 Å². The molecule has 1 heterocycles. The third kappa shape index (κ3) is 2.85. The van der Waals surface area contributed by atoms with Crippen molar-refractivity contribution in [2.75, 3.05) is 0 Å². The highest BCUT2D eigenvalue weighted by Crippen LogP contribution is 2.19. The number of hydrogen-bond acceptors (Lipinski definition) is 4. The third-order valence-electron chi connectivity index (χ3n) is 2.17. The Hall–Kier alpha value is -1.82. The van der Waals surface area contributed by atoms with Crippen molar-refractivity contribution < 1.29 is 4.79 Å². The van der Waals surface area contributed by atoms with E-state index in [2.05, 4.69) is 10.1 Å². The Morgan fingerprint density at radius 3 is 2.76 bits per heavy atom. The smallest absolute Gasteiger partial charge is 0.230 e. The van der Waals surface area contributed by atoms with Crippen LogP contribution < -0.4 is 5.73 Å². The third-order valence-corrected chi connectivity index (χ3v) is 3.16. The second kappa shape index (κ2) is 5.01. The standard InChI is InChI=1S/C11H12N4OS/c1-8(10(12)16)17-11-13-7-15(14-11)9-5-3-2-4-6-9/h2-8H,1H3,(H2,12,16). The summed E-state index contributed by atoms with van der Waals surface area (Å²) < 4.78 is 1.66. The number of para-hydroxylation sites is 1. The molecule has 0 spiro atoms.